The molecule has 4 atom stereocenters. The van der Waals surface area contributed by atoms with Crippen molar-refractivity contribution in [2.45, 2.75) is 58.7 Å². The fourth-order valence-electron chi connectivity index (χ4n) is 3.05. The van der Waals surface area contributed by atoms with Crippen molar-refractivity contribution in [2.75, 3.05) is 6.54 Å². The van der Waals surface area contributed by atoms with Gasteiger partial charge in [-0.2, -0.15) is 0 Å². The first-order valence-electron chi connectivity index (χ1n) is 7.06. The van der Waals surface area contributed by atoms with Crippen LogP contribution in [0.25, 0.3) is 0 Å². The summed E-state index contributed by atoms with van der Waals surface area (Å²) in [6.07, 6.45) is 2.65. The second-order valence-electron chi connectivity index (χ2n) is 5.98. The fraction of sp³-hybridized carbons (Fsp3) is 0.733. The van der Waals surface area contributed by atoms with Gasteiger partial charge in [0.05, 0.1) is 6.04 Å². The van der Waals surface area contributed by atoms with E-state index in [1.807, 2.05) is 11.3 Å². The highest BCUT2D eigenvalue weighted by atomic mass is 32.1. The van der Waals surface area contributed by atoms with Gasteiger partial charge >= 0.3 is 0 Å². The molecule has 0 spiro atoms. The third kappa shape index (κ3) is 2.95. The number of rotatable bonds is 3. The molecule has 0 amide bonds. The standard InChI is InChI=1S/C15H26N2S/c1-10-5-6-11(2)17(9-10)15(13(4)16)14-8-7-12(3)18-14/h7-8,10-11,13,15H,5-6,9,16H2,1-4H3. The molecule has 2 N–H and O–H groups in total. The number of aryl methyl sites for hydroxylation is 1. The monoisotopic (exact) mass is 266 g/mol. The molecule has 1 saturated heterocycles. The van der Waals surface area contributed by atoms with E-state index >= 15 is 0 Å². The summed E-state index contributed by atoms with van der Waals surface area (Å²) in [5, 5.41) is 0. The van der Waals surface area contributed by atoms with Gasteiger partial charge in [-0.25, -0.2) is 0 Å². The summed E-state index contributed by atoms with van der Waals surface area (Å²) in [4.78, 5) is 5.45. The van der Waals surface area contributed by atoms with Gasteiger partial charge in [0.1, 0.15) is 0 Å². The molecule has 4 unspecified atom stereocenters. The Hall–Kier alpha value is -0.380. The molecule has 1 aliphatic rings. The molecule has 1 aromatic rings. The molecule has 0 bridgehead atoms. The first kappa shape index (κ1) is 14.0. The van der Waals surface area contributed by atoms with Crippen LogP contribution < -0.4 is 5.73 Å². The average Bonchev–Trinajstić information content (AvgIpc) is 2.70. The van der Waals surface area contributed by atoms with E-state index in [9.17, 15) is 0 Å². The van der Waals surface area contributed by atoms with Crippen LogP contribution in [0.1, 0.15) is 49.4 Å². The Morgan fingerprint density at radius 1 is 1.33 bits per heavy atom. The number of thiophene rings is 1. The Bertz CT molecular complexity index is 386. The minimum absolute atomic E-state index is 0.191. The number of hydrogen-bond donors (Lipinski definition) is 1. The molecular formula is C15H26N2S. The minimum Gasteiger partial charge on any atom is -0.326 e. The van der Waals surface area contributed by atoms with Crippen LogP contribution in [-0.2, 0) is 0 Å². The highest BCUT2D eigenvalue weighted by Crippen LogP contribution is 2.35. The van der Waals surface area contributed by atoms with Crippen molar-refractivity contribution in [2.24, 2.45) is 11.7 Å². The van der Waals surface area contributed by atoms with Gasteiger partial charge in [0.2, 0.25) is 0 Å². The van der Waals surface area contributed by atoms with E-state index in [0.29, 0.717) is 12.1 Å². The van der Waals surface area contributed by atoms with Crippen LogP contribution in [0.3, 0.4) is 0 Å². The molecule has 0 saturated carbocycles. The van der Waals surface area contributed by atoms with Crippen molar-refractivity contribution < 1.29 is 0 Å². The smallest absolute Gasteiger partial charge is 0.0593 e. The Labute approximate surface area is 115 Å². The van der Waals surface area contributed by atoms with Gasteiger partial charge in [0.25, 0.3) is 0 Å². The van der Waals surface area contributed by atoms with Gasteiger partial charge in [-0.05, 0) is 51.7 Å². The van der Waals surface area contributed by atoms with Crippen molar-refractivity contribution >= 4 is 11.3 Å². The lowest BCUT2D eigenvalue weighted by Gasteiger charge is -2.43. The molecule has 0 radical (unpaired) electrons. The van der Waals surface area contributed by atoms with Crippen LogP contribution in [-0.4, -0.2) is 23.5 Å². The summed E-state index contributed by atoms with van der Waals surface area (Å²) in [6, 6.07) is 5.71. The van der Waals surface area contributed by atoms with Gasteiger partial charge in [0, 0.05) is 28.4 Å². The number of hydrogen-bond acceptors (Lipinski definition) is 3. The van der Waals surface area contributed by atoms with Crippen LogP contribution in [0.15, 0.2) is 12.1 Å². The molecule has 18 heavy (non-hydrogen) atoms. The topological polar surface area (TPSA) is 29.3 Å². The Morgan fingerprint density at radius 2 is 2.06 bits per heavy atom. The SMILES string of the molecule is Cc1ccc(C(C(C)N)N2CC(C)CCC2C)s1. The lowest BCUT2D eigenvalue weighted by atomic mass is 9.91. The first-order chi connectivity index (χ1) is 8.49. The fourth-order valence-corrected chi connectivity index (χ4v) is 4.16. The predicted octanol–water partition coefficient (Wildman–Crippen LogP) is 3.57. The van der Waals surface area contributed by atoms with Crippen molar-refractivity contribution in [1.29, 1.82) is 0 Å². The maximum absolute atomic E-state index is 6.28. The molecule has 3 heteroatoms. The van der Waals surface area contributed by atoms with E-state index in [-0.39, 0.29) is 6.04 Å². The van der Waals surface area contributed by atoms with Crippen LogP contribution >= 0.6 is 11.3 Å². The highest BCUT2D eigenvalue weighted by Gasteiger charge is 2.32. The zero-order valence-corrected chi connectivity index (χ0v) is 12.8. The molecule has 102 valence electrons. The molecule has 1 aliphatic heterocycles. The van der Waals surface area contributed by atoms with Crippen molar-refractivity contribution in [1.82, 2.24) is 4.90 Å². The van der Waals surface area contributed by atoms with Crippen LogP contribution in [0.2, 0.25) is 0 Å². The second kappa shape index (κ2) is 5.72. The summed E-state index contributed by atoms with van der Waals surface area (Å²) in [7, 11) is 0. The highest BCUT2D eigenvalue weighted by molar-refractivity contribution is 7.12. The van der Waals surface area contributed by atoms with Crippen molar-refractivity contribution in [3.05, 3.63) is 21.9 Å². The lowest BCUT2D eigenvalue weighted by Crippen LogP contribution is -2.48. The van der Waals surface area contributed by atoms with Crippen LogP contribution in [0, 0.1) is 12.8 Å². The van der Waals surface area contributed by atoms with Gasteiger partial charge in [-0.3, -0.25) is 4.90 Å². The first-order valence-corrected chi connectivity index (χ1v) is 7.88. The van der Waals surface area contributed by atoms with Crippen LogP contribution in [0.4, 0.5) is 0 Å². The molecule has 0 aliphatic carbocycles. The average molecular weight is 266 g/mol. The molecule has 2 heterocycles. The third-order valence-corrected chi connectivity index (χ3v) is 5.15. The third-order valence-electron chi connectivity index (χ3n) is 4.07. The van der Waals surface area contributed by atoms with E-state index in [1.165, 1.54) is 29.1 Å². The lowest BCUT2D eigenvalue weighted by molar-refractivity contribution is 0.0677. The summed E-state index contributed by atoms with van der Waals surface area (Å²) in [5.41, 5.74) is 6.28. The Morgan fingerprint density at radius 3 is 2.61 bits per heavy atom. The second-order valence-corrected chi connectivity index (χ2v) is 7.30. The van der Waals surface area contributed by atoms with E-state index < -0.39 is 0 Å². The predicted molar refractivity (Wildman–Crippen MR) is 80.0 cm³/mol. The Kier molecular flexibility index (Phi) is 4.46. The summed E-state index contributed by atoms with van der Waals surface area (Å²) < 4.78 is 0. The molecule has 0 aromatic carbocycles. The zero-order valence-electron chi connectivity index (χ0n) is 12.0. The number of piperidine rings is 1. The molecule has 2 rings (SSSR count). The van der Waals surface area contributed by atoms with Gasteiger partial charge in [-0.15, -0.1) is 11.3 Å². The maximum atomic E-state index is 6.28. The zero-order chi connectivity index (χ0) is 13.3. The van der Waals surface area contributed by atoms with Crippen molar-refractivity contribution in [3.8, 4) is 0 Å². The number of nitrogens with zero attached hydrogens (tertiary/aromatic N) is 1. The summed E-state index contributed by atoms with van der Waals surface area (Å²) in [5.74, 6) is 0.795. The molecule has 1 aromatic heterocycles. The van der Waals surface area contributed by atoms with E-state index in [0.717, 1.165) is 5.92 Å². The van der Waals surface area contributed by atoms with E-state index in [1.54, 1.807) is 0 Å². The minimum atomic E-state index is 0.191. The van der Waals surface area contributed by atoms with Gasteiger partial charge in [0.15, 0.2) is 0 Å². The summed E-state index contributed by atoms with van der Waals surface area (Å²) >= 11 is 1.90. The normalized spacial score (nSPS) is 29.2. The molecule has 1 fully saturated rings. The van der Waals surface area contributed by atoms with Crippen LogP contribution in [0.5, 0.6) is 0 Å². The van der Waals surface area contributed by atoms with Gasteiger partial charge in [-0.1, -0.05) is 6.92 Å². The Balaban J connectivity index is 2.24. The molecular weight excluding hydrogens is 240 g/mol. The molecule has 2 nitrogen and oxygen atoms in total. The van der Waals surface area contributed by atoms with Crippen molar-refractivity contribution in [3.63, 3.8) is 0 Å². The largest absolute Gasteiger partial charge is 0.326 e. The number of likely N-dealkylation sites (tertiary alicyclic amines) is 1. The van der Waals surface area contributed by atoms with E-state index in [2.05, 4.69) is 44.7 Å². The van der Waals surface area contributed by atoms with Gasteiger partial charge < -0.3 is 5.73 Å². The van der Waals surface area contributed by atoms with E-state index in [4.69, 9.17) is 5.73 Å². The maximum Gasteiger partial charge on any atom is 0.0593 e. The quantitative estimate of drug-likeness (QED) is 0.906. The summed E-state index contributed by atoms with van der Waals surface area (Å²) in [6.45, 7) is 10.2. The number of nitrogens with two attached hydrogens (primary N) is 1.